The molecule has 4 nitrogen and oxygen atoms in total. The number of carbonyl (C=O) groups is 1. The quantitative estimate of drug-likeness (QED) is 0.618. The second kappa shape index (κ2) is 5.70. The molecule has 0 aromatic heterocycles. The molecule has 0 spiro atoms. The van der Waals surface area contributed by atoms with E-state index in [1.54, 1.807) is 0 Å². The smallest absolute Gasteiger partial charge is 0.171 e. The molecule has 9 atom stereocenters. The number of hydrogen-bond acceptors (Lipinski definition) is 4. The van der Waals surface area contributed by atoms with Gasteiger partial charge in [-0.1, -0.05) is 54.0 Å². The maximum atomic E-state index is 14.0. The van der Waals surface area contributed by atoms with Crippen LogP contribution in [0.25, 0.3) is 0 Å². The van der Waals surface area contributed by atoms with Crippen molar-refractivity contribution in [3.05, 3.63) is 11.1 Å². The van der Waals surface area contributed by atoms with Gasteiger partial charge in [-0.25, -0.2) is 0 Å². The summed E-state index contributed by atoms with van der Waals surface area (Å²) in [6, 6.07) is 0. The molecule has 3 fully saturated rings. The number of fused-ring (bicyclic) bond motifs is 5. The maximum absolute atomic E-state index is 14.0. The molecule has 3 aliphatic carbocycles. The summed E-state index contributed by atoms with van der Waals surface area (Å²) in [5, 5.41) is 23.7. The molecule has 1 heterocycles. The molecule has 0 radical (unpaired) electrons. The standard InChI is InChI=1S/C24H38O4/c1-12-10-24(27)15(4)19-22(7)11-28-16(22)9-13(2)23(19,8)20(26)18(25)17(14(12)3)21(24,5)6/h12-13,15-16,18-19,25,27H,9-11H2,1-8H3/t12-,13-,15-,16+,18+,19+,22+,23+,24+/m0/s1. The van der Waals surface area contributed by atoms with Gasteiger partial charge in [-0.05, 0) is 49.0 Å². The van der Waals surface area contributed by atoms with Crippen LogP contribution in [-0.4, -0.2) is 40.4 Å². The molecule has 2 saturated carbocycles. The summed E-state index contributed by atoms with van der Waals surface area (Å²) in [6.45, 7) is 17.4. The zero-order chi connectivity index (χ0) is 21.0. The lowest BCUT2D eigenvalue weighted by atomic mass is 9.39. The van der Waals surface area contributed by atoms with Gasteiger partial charge in [0.2, 0.25) is 0 Å². The number of rotatable bonds is 0. The van der Waals surface area contributed by atoms with E-state index in [0.29, 0.717) is 13.0 Å². The van der Waals surface area contributed by atoms with Crippen LogP contribution in [0.1, 0.15) is 68.2 Å². The second-order valence-corrected chi connectivity index (χ2v) is 11.5. The third-order valence-electron chi connectivity index (χ3n) is 10.1. The highest BCUT2D eigenvalue weighted by atomic mass is 16.5. The Bertz CT molecular complexity index is 754. The van der Waals surface area contributed by atoms with E-state index in [-0.39, 0.29) is 41.0 Å². The second-order valence-electron chi connectivity index (χ2n) is 11.5. The number of ether oxygens (including phenoxy) is 1. The Morgan fingerprint density at radius 1 is 1.11 bits per heavy atom. The molecule has 0 unspecified atom stereocenters. The third-order valence-corrected chi connectivity index (χ3v) is 10.1. The number of aliphatic hydroxyl groups is 2. The van der Waals surface area contributed by atoms with Crippen molar-refractivity contribution in [1.82, 2.24) is 0 Å². The van der Waals surface area contributed by atoms with Crippen molar-refractivity contribution >= 4 is 5.78 Å². The number of ketones is 1. The van der Waals surface area contributed by atoms with E-state index in [2.05, 4.69) is 34.6 Å². The summed E-state index contributed by atoms with van der Waals surface area (Å²) >= 11 is 0. The van der Waals surface area contributed by atoms with Crippen molar-refractivity contribution in [3.8, 4) is 0 Å². The molecule has 0 amide bonds. The van der Waals surface area contributed by atoms with Gasteiger partial charge in [-0.15, -0.1) is 0 Å². The molecule has 2 bridgehead atoms. The Hall–Kier alpha value is -0.710. The molecular formula is C24H38O4. The molecule has 1 aliphatic heterocycles. The van der Waals surface area contributed by atoms with Crippen molar-refractivity contribution in [2.45, 2.75) is 86.0 Å². The molecule has 4 heteroatoms. The summed E-state index contributed by atoms with van der Waals surface area (Å²) in [5.41, 5.74) is -0.617. The number of Topliss-reactive ketones (excluding diaryl/α,β-unsaturated/α-hetero) is 1. The summed E-state index contributed by atoms with van der Waals surface area (Å²) in [5.74, 6) is 0.0885. The van der Waals surface area contributed by atoms with Crippen LogP contribution in [0.3, 0.4) is 0 Å². The first-order valence-corrected chi connectivity index (χ1v) is 11.0. The minimum Gasteiger partial charge on any atom is -0.389 e. The first-order chi connectivity index (χ1) is 12.7. The fraction of sp³-hybridized carbons (Fsp3) is 0.875. The largest absolute Gasteiger partial charge is 0.389 e. The van der Waals surface area contributed by atoms with Crippen LogP contribution in [-0.2, 0) is 9.53 Å². The van der Waals surface area contributed by atoms with Crippen LogP contribution in [0, 0.1) is 39.9 Å². The SMILES string of the molecule is CC1=C2[C@@H](O)C(=O)[C@@]3(C)[C@H]([C@H](C)[C@](O)(C[C@@H]1C)C2(C)C)[C@]1(C)CO[C@@H]1C[C@@H]3C. The van der Waals surface area contributed by atoms with Crippen LogP contribution < -0.4 is 0 Å². The zero-order valence-corrected chi connectivity index (χ0v) is 18.8. The zero-order valence-electron chi connectivity index (χ0n) is 18.8. The minimum atomic E-state index is -1.15. The van der Waals surface area contributed by atoms with E-state index in [4.69, 9.17) is 4.74 Å². The molecule has 0 aromatic rings. The predicted octanol–water partition coefficient (Wildman–Crippen LogP) is 3.75. The summed E-state index contributed by atoms with van der Waals surface area (Å²) in [6.07, 6.45) is 0.495. The van der Waals surface area contributed by atoms with Crippen molar-refractivity contribution < 1.29 is 19.7 Å². The average molecular weight is 391 g/mol. The van der Waals surface area contributed by atoms with Gasteiger partial charge in [-0.3, -0.25) is 4.79 Å². The van der Waals surface area contributed by atoms with Crippen molar-refractivity contribution in [2.24, 2.45) is 39.9 Å². The molecule has 4 aliphatic rings. The van der Waals surface area contributed by atoms with E-state index >= 15 is 0 Å². The Morgan fingerprint density at radius 3 is 2.25 bits per heavy atom. The van der Waals surface area contributed by atoms with Crippen LogP contribution in [0.15, 0.2) is 11.1 Å². The minimum absolute atomic E-state index is 0.0268. The fourth-order valence-corrected chi connectivity index (χ4v) is 8.02. The Morgan fingerprint density at radius 2 is 1.71 bits per heavy atom. The normalized spacial score (nSPS) is 55.6. The van der Waals surface area contributed by atoms with Gasteiger partial charge in [0, 0.05) is 16.2 Å². The topological polar surface area (TPSA) is 66.8 Å². The molecule has 2 N–H and O–H groups in total. The van der Waals surface area contributed by atoms with E-state index in [1.165, 1.54) is 0 Å². The van der Waals surface area contributed by atoms with Gasteiger partial charge in [0.25, 0.3) is 0 Å². The molecule has 1 saturated heterocycles. The summed E-state index contributed by atoms with van der Waals surface area (Å²) in [7, 11) is 0. The van der Waals surface area contributed by atoms with Gasteiger partial charge >= 0.3 is 0 Å². The fourth-order valence-electron chi connectivity index (χ4n) is 8.02. The van der Waals surface area contributed by atoms with Crippen molar-refractivity contribution in [1.29, 1.82) is 0 Å². The molecule has 0 aromatic carbocycles. The van der Waals surface area contributed by atoms with E-state index in [0.717, 1.165) is 17.6 Å². The average Bonchev–Trinajstić information content (AvgIpc) is 2.60. The Balaban J connectivity index is 2.01. The van der Waals surface area contributed by atoms with Gasteiger partial charge in [0.15, 0.2) is 5.78 Å². The van der Waals surface area contributed by atoms with Gasteiger partial charge < -0.3 is 14.9 Å². The van der Waals surface area contributed by atoms with Crippen molar-refractivity contribution in [3.63, 3.8) is 0 Å². The van der Waals surface area contributed by atoms with Crippen LogP contribution >= 0.6 is 0 Å². The van der Waals surface area contributed by atoms with Gasteiger partial charge in [0.05, 0.1) is 18.3 Å². The number of aliphatic hydroxyl groups excluding tert-OH is 1. The highest BCUT2D eigenvalue weighted by molar-refractivity contribution is 5.92. The highest BCUT2D eigenvalue weighted by Crippen LogP contribution is 2.68. The lowest BCUT2D eigenvalue weighted by molar-refractivity contribution is -0.292. The number of carbonyl (C=O) groups excluding carboxylic acids is 1. The molecule has 158 valence electrons. The monoisotopic (exact) mass is 390 g/mol. The third kappa shape index (κ3) is 2.05. The van der Waals surface area contributed by atoms with E-state index in [1.807, 2.05) is 20.8 Å². The number of allylic oxidation sites excluding steroid dienone is 1. The summed E-state index contributed by atoms with van der Waals surface area (Å²) in [4.78, 5) is 14.0. The van der Waals surface area contributed by atoms with Gasteiger partial charge in [0.1, 0.15) is 6.10 Å². The first-order valence-electron chi connectivity index (χ1n) is 11.0. The summed E-state index contributed by atoms with van der Waals surface area (Å²) < 4.78 is 5.95. The van der Waals surface area contributed by atoms with Gasteiger partial charge in [-0.2, -0.15) is 0 Å². The van der Waals surface area contributed by atoms with E-state index in [9.17, 15) is 15.0 Å². The molecule has 4 rings (SSSR count). The predicted molar refractivity (Wildman–Crippen MR) is 109 cm³/mol. The maximum Gasteiger partial charge on any atom is 0.171 e. The molecular weight excluding hydrogens is 352 g/mol. The number of hydrogen-bond donors (Lipinski definition) is 2. The molecule has 28 heavy (non-hydrogen) atoms. The van der Waals surface area contributed by atoms with Crippen LogP contribution in [0.4, 0.5) is 0 Å². The highest BCUT2D eigenvalue weighted by Gasteiger charge is 2.71. The van der Waals surface area contributed by atoms with Crippen LogP contribution in [0.5, 0.6) is 0 Å². The van der Waals surface area contributed by atoms with Crippen LogP contribution in [0.2, 0.25) is 0 Å². The first kappa shape index (κ1) is 20.6. The Labute approximate surface area is 169 Å². The van der Waals surface area contributed by atoms with Crippen molar-refractivity contribution in [2.75, 3.05) is 6.61 Å². The Kier molecular flexibility index (Phi) is 4.19. The lowest BCUT2D eigenvalue weighted by Gasteiger charge is -2.69. The lowest BCUT2D eigenvalue weighted by Crippen LogP contribution is -2.73. The van der Waals surface area contributed by atoms with E-state index < -0.39 is 22.5 Å².